The molecular weight excluding hydrogens is 250 g/mol. The van der Waals surface area contributed by atoms with Crippen molar-refractivity contribution in [2.45, 2.75) is 25.0 Å². The first-order valence-corrected chi connectivity index (χ1v) is 7.44. The molecule has 0 N–H and O–H groups in total. The Morgan fingerprint density at radius 2 is 1.71 bits per heavy atom. The van der Waals surface area contributed by atoms with E-state index < -0.39 is 0 Å². The van der Waals surface area contributed by atoms with E-state index in [9.17, 15) is 0 Å². The molecule has 1 saturated heterocycles. The number of likely N-dealkylation sites (tertiary alicyclic amines) is 1. The number of hydrogen-bond acceptors (Lipinski definition) is 2. The summed E-state index contributed by atoms with van der Waals surface area (Å²) >= 11 is 2.06. The van der Waals surface area contributed by atoms with Gasteiger partial charge in [-0.3, -0.25) is 0 Å². The van der Waals surface area contributed by atoms with Crippen molar-refractivity contribution < 1.29 is 0 Å². The zero-order valence-electron chi connectivity index (χ0n) is 10.3. The van der Waals surface area contributed by atoms with Gasteiger partial charge in [-0.1, -0.05) is 36.8 Å². The van der Waals surface area contributed by atoms with Gasteiger partial charge in [0, 0.05) is 18.1 Å². The van der Waals surface area contributed by atoms with Crippen LogP contribution in [0.25, 0.3) is 0 Å². The number of hydrogen-bond donors (Lipinski definition) is 0. The van der Waals surface area contributed by atoms with E-state index in [4.69, 9.17) is 0 Å². The smallest absolute Gasteiger partial charge is 0.0185 e. The first-order chi connectivity index (χ1) is 7.95. The van der Waals surface area contributed by atoms with Crippen molar-refractivity contribution in [1.82, 2.24) is 4.90 Å². The second-order valence-corrected chi connectivity index (χ2v) is 5.55. The highest BCUT2D eigenvalue weighted by atomic mass is 35.5. The van der Waals surface area contributed by atoms with Crippen molar-refractivity contribution >= 4 is 24.2 Å². The van der Waals surface area contributed by atoms with E-state index in [0.29, 0.717) is 0 Å². The Morgan fingerprint density at radius 3 is 2.41 bits per heavy atom. The molecule has 2 rings (SSSR count). The molecule has 0 amide bonds. The van der Waals surface area contributed by atoms with Crippen LogP contribution in [0.5, 0.6) is 0 Å². The lowest BCUT2D eigenvalue weighted by atomic mass is 10.1. The van der Waals surface area contributed by atoms with E-state index in [0.717, 1.165) is 5.75 Å². The quantitative estimate of drug-likeness (QED) is 0.749. The number of piperidine rings is 1. The van der Waals surface area contributed by atoms with E-state index >= 15 is 0 Å². The summed E-state index contributed by atoms with van der Waals surface area (Å²) < 4.78 is 0. The van der Waals surface area contributed by atoms with Gasteiger partial charge in [-0.05, 0) is 31.5 Å². The molecule has 3 heteroatoms. The molecular formula is C14H22ClNS. The van der Waals surface area contributed by atoms with Crippen LogP contribution in [0.15, 0.2) is 30.3 Å². The van der Waals surface area contributed by atoms with Crippen molar-refractivity contribution in [1.29, 1.82) is 0 Å². The summed E-state index contributed by atoms with van der Waals surface area (Å²) in [5.41, 5.74) is 1.45. The molecule has 0 bridgehead atoms. The third-order valence-corrected chi connectivity index (χ3v) is 4.12. The van der Waals surface area contributed by atoms with Gasteiger partial charge in [-0.15, -0.1) is 12.4 Å². The number of benzene rings is 1. The minimum absolute atomic E-state index is 0. The van der Waals surface area contributed by atoms with Crippen molar-refractivity contribution in [2.75, 3.05) is 25.4 Å². The maximum atomic E-state index is 2.61. The molecule has 0 aliphatic carbocycles. The molecule has 17 heavy (non-hydrogen) atoms. The van der Waals surface area contributed by atoms with Crippen LogP contribution in [0, 0.1) is 0 Å². The number of nitrogens with zero attached hydrogens (tertiary/aromatic N) is 1. The number of halogens is 1. The first kappa shape index (κ1) is 14.9. The van der Waals surface area contributed by atoms with Gasteiger partial charge < -0.3 is 4.90 Å². The average Bonchev–Trinajstić information content (AvgIpc) is 2.37. The molecule has 1 fully saturated rings. The van der Waals surface area contributed by atoms with Crippen molar-refractivity contribution in [3.8, 4) is 0 Å². The summed E-state index contributed by atoms with van der Waals surface area (Å²) in [5, 5.41) is 0. The molecule has 0 radical (unpaired) electrons. The minimum atomic E-state index is 0. The van der Waals surface area contributed by atoms with Gasteiger partial charge in [0.25, 0.3) is 0 Å². The summed E-state index contributed by atoms with van der Waals surface area (Å²) in [5.74, 6) is 2.43. The van der Waals surface area contributed by atoms with Gasteiger partial charge >= 0.3 is 0 Å². The Morgan fingerprint density at radius 1 is 1.00 bits per heavy atom. The molecule has 0 spiro atoms. The fourth-order valence-corrected chi connectivity index (χ4v) is 3.10. The predicted octanol–water partition coefficient (Wildman–Crippen LogP) is 3.83. The van der Waals surface area contributed by atoms with Gasteiger partial charge in [-0.25, -0.2) is 0 Å². The molecule has 1 aromatic rings. The van der Waals surface area contributed by atoms with Crippen LogP contribution < -0.4 is 0 Å². The zero-order chi connectivity index (χ0) is 11.1. The molecule has 1 aromatic carbocycles. The fourth-order valence-electron chi connectivity index (χ4n) is 2.14. The molecule has 1 heterocycles. The van der Waals surface area contributed by atoms with Crippen LogP contribution in [-0.2, 0) is 5.75 Å². The lowest BCUT2D eigenvalue weighted by Gasteiger charge is -2.26. The number of thioether (sulfide) groups is 1. The Balaban J connectivity index is 0.00000144. The molecule has 1 nitrogen and oxygen atoms in total. The van der Waals surface area contributed by atoms with Crippen LogP contribution in [0.4, 0.5) is 0 Å². The molecule has 0 saturated carbocycles. The highest BCUT2D eigenvalue weighted by Crippen LogP contribution is 2.13. The Bertz CT molecular complexity index is 286. The largest absolute Gasteiger partial charge is 0.303 e. The fraction of sp³-hybridized carbons (Fsp3) is 0.571. The van der Waals surface area contributed by atoms with Crippen molar-refractivity contribution in [3.63, 3.8) is 0 Å². The molecule has 0 atom stereocenters. The lowest BCUT2D eigenvalue weighted by molar-refractivity contribution is 0.242. The van der Waals surface area contributed by atoms with Crippen LogP contribution in [-0.4, -0.2) is 30.3 Å². The van der Waals surface area contributed by atoms with Gasteiger partial charge in [0.05, 0.1) is 0 Å². The van der Waals surface area contributed by atoms with E-state index in [1.165, 1.54) is 50.2 Å². The second kappa shape index (κ2) is 8.84. The highest BCUT2D eigenvalue weighted by molar-refractivity contribution is 7.98. The third kappa shape index (κ3) is 5.80. The standard InChI is InChI=1S/C14H21NS.ClH/c1-3-7-14(8-4-1)13-16-12-11-15-9-5-2-6-10-15;/h1,3-4,7-8H,2,5-6,9-13H2;1H. The SMILES string of the molecule is Cl.c1ccc(CSCCN2CCCCC2)cc1. The van der Waals surface area contributed by atoms with E-state index in [1.54, 1.807) is 0 Å². The summed E-state index contributed by atoms with van der Waals surface area (Å²) in [6.45, 7) is 3.93. The Labute approximate surface area is 115 Å². The van der Waals surface area contributed by atoms with Gasteiger partial charge in [0.1, 0.15) is 0 Å². The van der Waals surface area contributed by atoms with Crippen molar-refractivity contribution in [3.05, 3.63) is 35.9 Å². The van der Waals surface area contributed by atoms with Gasteiger partial charge in [0.2, 0.25) is 0 Å². The lowest BCUT2D eigenvalue weighted by Crippen LogP contribution is -2.31. The maximum Gasteiger partial charge on any atom is 0.0185 e. The van der Waals surface area contributed by atoms with E-state index in [-0.39, 0.29) is 12.4 Å². The topological polar surface area (TPSA) is 3.24 Å². The first-order valence-electron chi connectivity index (χ1n) is 6.29. The summed E-state index contributed by atoms with van der Waals surface area (Å²) in [7, 11) is 0. The summed E-state index contributed by atoms with van der Waals surface area (Å²) in [6.07, 6.45) is 4.25. The zero-order valence-corrected chi connectivity index (χ0v) is 11.9. The van der Waals surface area contributed by atoms with E-state index in [2.05, 4.69) is 47.0 Å². The molecule has 96 valence electrons. The van der Waals surface area contributed by atoms with Crippen LogP contribution in [0.3, 0.4) is 0 Å². The second-order valence-electron chi connectivity index (χ2n) is 4.44. The van der Waals surface area contributed by atoms with Crippen LogP contribution in [0.1, 0.15) is 24.8 Å². The maximum absolute atomic E-state index is 2.61. The third-order valence-electron chi connectivity index (χ3n) is 3.11. The van der Waals surface area contributed by atoms with Crippen LogP contribution >= 0.6 is 24.2 Å². The summed E-state index contributed by atoms with van der Waals surface area (Å²) in [4.78, 5) is 2.61. The normalized spacial score (nSPS) is 16.5. The van der Waals surface area contributed by atoms with Gasteiger partial charge in [0.15, 0.2) is 0 Å². The molecule has 0 aromatic heterocycles. The Hall–Kier alpha value is -0.180. The molecule has 1 aliphatic heterocycles. The monoisotopic (exact) mass is 271 g/mol. The highest BCUT2D eigenvalue weighted by Gasteiger charge is 2.08. The Kier molecular flexibility index (Phi) is 7.74. The molecule has 1 aliphatic rings. The van der Waals surface area contributed by atoms with Crippen LogP contribution in [0.2, 0.25) is 0 Å². The molecule has 0 unspecified atom stereocenters. The summed E-state index contributed by atoms with van der Waals surface area (Å²) in [6, 6.07) is 10.8. The average molecular weight is 272 g/mol. The van der Waals surface area contributed by atoms with Crippen molar-refractivity contribution in [2.24, 2.45) is 0 Å². The number of rotatable bonds is 5. The minimum Gasteiger partial charge on any atom is -0.303 e. The van der Waals surface area contributed by atoms with Gasteiger partial charge in [-0.2, -0.15) is 11.8 Å². The van der Waals surface area contributed by atoms with E-state index in [1.807, 2.05) is 0 Å². The predicted molar refractivity (Wildman–Crippen MR) is 80.1 cm³/mol.